The van der Waals surface area contributed by atoms with Gasteiger partial charge in [0, 0.05) is 12.7 Å². The van der Waals surface area contributed by atoms with E-state index in [1.807, 2.05) is 30.3 Å². The minimum absolute atomic E-state index is 0.269. The van der Waals surface area contributed by atoms with Crippen molar-refractivity contribution in [3.63, 3.8) is 0 Å². The maximum atomic E-state index is 12.6. The zero-order chi connectivity index (χ0) is 15.5. The zero-order valence-electron chi connectivity index (χ0n) is 12.1. The third-order valence-electron chi connectivity index (χ3n) is 3.90. The molecule has 0 spiro atoms. The number of amides is 1. The largest absolute Gasteiger partial charge is 0.480 e. The monoisotopic (exact) mass is 299 g/mol. The van der Waals surface area contributed by atoms with Crippen LogP contribution < -0.4 is 0 Å². The Morgan fingerprint density at radius 2 is 1.95 bits per heavy atom. The number of carbonyl (C=O) groups is 2. The number of aromatic nitrogens is 2. The molecule has 3 rings (SSSR count). The van der Waals surface area contributed by atoms with E-state index in [9.17, 15) is 14.7 Å². The molecule has 6 nitrogen and oxygen atoms in total. The van der Waals surface area contributed by atoms with Crippen molar-refractivity contribution in [1.29, 1.82) is 0 Å². The summed E-state index contributed by atoms with van der Waals surface area (Å²) in [6.07, 6.45) is 5.31. The lowest BCUT2D eigenvalue weighted by atomic mass is 10.0. The van der Waals surface area contributed by atoms with E-state index in [1.54, 1.807) is 10.9 Å². The van der Waals surface area contributed by atoms with Crippen molar-refractivity contribution in [2.75, 3.05) is 6.54 Å². The van der Waals surface area contributed by atoms with Gasteiger partial charge in [-0.25, -0.2) is 9.48 Å². The van der Waals surface area contributed by atoms with Gasteiger partial charge in [0.2, 0.25) is 0 Å². The van der Waals surface area contributed by atoms with Crippen LogP contribution in [0.3, 0.4) is 0 Å². The second kappa shape index (κ2) is 6.01. The molecule has 22 heavy (non-hydrogen) atoms. The second-order valence-electron chi connectivity index (χ2n) is 5.36. The molecule has 1 fully saturated rings. The van der Waals surface area contributed by atoms with Gasteiger partial charge in [0.1, 0.15) is 6.04 Å². The summed E-state index contributed by atoms with van der Waals surface area (Å²) >= 11 is 0. The number of hydrogen-bond acceptors (Lipinski definition) is 3. The normalized spacial score (nSPS) is 18.2. The average molecular weight is 299 g/mol. The van der Waals surface area contributed by atoms with Crippen LogP contribution in [0.2, 0.25) is 0 Å². The molecule has 114 valence electrons. The van der Waals surface area contributed by atoms with Crippen molar-refractivity contribution in [1.82, 2.24) is 14.7 Å². The number of carboxylic acids is 1. The topological polar surface area (TPSA) is 75.4 Å². The van der Waals surface area contributed by atoms with Gasteiger partial charge in [-0.2, -0.15) is 5.10 Å². The first-order chi connectivity index (χ1) is 10.7. The van der Waals surface area contributed by atoms with Gasteiger partial charge in [0.25, 0.3) is 5.91 Å². The highest BCUT2D eigenvalue weighted by Gasteiger charge is 2.32. The molecule has 1 saturated heterocycles. The lowest BCUT2D eigenvalue weighted by Crippen LogP contribution is -2.47. The maximum Gasteiger partial charge on any atom is 0.326 e. The fourth-order valence-corrected chi connectivity index (χ4v) is 2.75. The first kappa shape index (κ1) is 14.3. The van der Waals surface area contributed by atoms with Crippen molar-refractivity contribution in [2.45, 2.75) is 25.3 Å². The molecule has 1 atom stereocenters. The van der Waals surface area contributed by atoms with E-state index in [2.05, 4.69) is 5.10 Å². The molecular formula is C16H17N3O3. The first-order valence-electron chi connectivity index (χ1n) is 7.30. The minimum Gasteiger partial charge on any atom is -0.480 e. The smallest absolute Gasteiger partial charge is 0.326 e. The third-order valence-corrected chi connectivity index (χ3v) is 3.90. The Balaban J connectivity index is 1.83. The fraction of sp³-hybridized carbons (Fsp3) is 0.312. The summed E-state index contributed by atoms with van der Waals surface area (Å²) < 4.78 is 1.62. The number of hydrogen-bond donors (Lipinski definition) is 1. The zero-order valence-corrected chi connectivity index (χ0v) is 12.1. The summed E-state index contributed by atoms with van der Waals surface area (Å²) in [5, 5.41) is 13.5. The Morgan fingerprint density at radius 3 is 2.68 bits per heavy atom. The van der Waals surface area contributed by atoms with Gasteiger partial charge in [-0.15, -0.1) is 0 Å². The van der Waals surface area contributed by atoms with Crippen LogP contribution in [-0.4, -0.2) is 44.3 Å². The molecule has 0 aliphatic carbocycles. The number of carbonyl (C=O) groups excluding carboxylic acids is 1. The number of nitrogens with zero attached hydrogens (tertiary/aromatic N) is 3. The summed E-state index contributed by atoms with van der Waals surface area (Å²) in [7, 11) is 0. The van der Waals surface area contributed by atoms with Crippen LogP contribution in [0.15, 0.2) is 42.7 Å². The average Bonchev–Trinajstić information content (AvgIpc) is 3.05. The Hall–Kier alpha value is -2.63. The van der Waals surface area contributed by atoms with Crippen LogP contribution >= 0.6 is 0 Å². The molecule has 1 aromatic carbocycles. The van der Waals surface area contributed by atoms with Gasteiger partial charge in [-0.1, -0.05) is 18.2 Å². The van der Waals surface area contributed by atoms with Crippen molar-refractivity contribution >= 4 is 11.9 Å². The molecule has 0 radical (unpaired) electrons. The number of aliphatic carboxylic acids is 1. The number of likely N-dealkylation sites (tertiary alicyclic amines) is 1. The van der Waals surface area contributed by atoms with Crippen molar-refractivity contribution < 1.29 is 14.7 Å². The van der Waals surface area contributed by atoms with Gasteiger partial charge in [-0.05, 0) is 31.4 Å². The molecule has 1 aromatic heterocycles. The lowest BCUT2D eigenvalue weighted by Gasteiger charge is -2.32. The summed E-state index contributed by atoms with van der Waals surface area (Å²) in [6.45, 7) is 0.478. The van der Waals surface area contributed by atoms with Crippen molar-refractivity contribution in [2.24, 2.45) is 0 Å². The predicted molar refractivity (Wildman–Crippen MR) is 79.9 cm³/mol. The van der Waals surface area contributed by atoms with E-state index in [1.165, 1.54) is 11.1 Å². The van der Waals surface area contributed by atoms with Crippen LogP contribution in [0.25, 0.3) is 5.69 Å². The Labute approximate surface area is 128 Å². The Kier molecular flexibility index (Phi) is 3.91. The van der Waals surface area contributed by atoms with Crippen LogP contribution in [0.4, 0.5) is 0 Å². The van der Waals surface area contributed by atoms with Gasteiger partial charge in [0.15, 0.2) is 0 Å². The molecule has 0 saturated carbocycles. The molecule has 1 aliphatic rings. The Bertz CT molecular complexity index is 681. The van der Waals surface area contributed by atoms with E-state index in [-0.39, 0.29) is 5.91 Å². The molecule has 6 heteroatoms. The third kappa shape index (κ3) is 2.72. The second-order valence-corrected chi connectivity index (χ2v) is 5.36. The number of benzene rings is 1. The van der Waals surface area contributed by atoms with Crippen molar-refractivity contribution in [3.8, 4) is 5.69 Å². The molecule has 1 aliphatic heterocycles. The van der Waals surface area contributed by atoms with Gasteiger partial charge in [-0.3, -0.25) is 4.79 Å². The minimum atomic E-state index is -0.941. The summed E-state index contributed by atoms with van der Waals surface area (Å²) in [5.41, 5.74) is 1.27. The van der Waals surface area contributed by atoms with Crippen molar-refractivity contribution in [3.05, 3.63) is 48.3 Å². The van der Waals surface area contributed by atoms with Crippen LogP contribution in [-0.2, 0) is 4.79 Å². The highest BCUT2D eigenvalue weighted by Crippen LogP contribution is 2.20. The van der Waals surface area contributed by atoms with Gasteiger partial charge in [0.05, 0.1) is 17.4 Å². The van der Waals surface area contributed by atoms with E-state index < -0.39 is 12.0 Å². The number of piperidine rings is 1. The molecule has 1 amide bonds. The fourth-order valence-electron chi connectivity index (χ4n) is 2.75. The van der Waals surface area contributed by atoms with Gasteiger partial charge < -0.3 is 10.0 Å². The van der Waals surface area contributed by atoms with E-state index in [0.29, 0.717) is 18.5 Å². The SMILES string of the molecule is O=C(O)C1CCCCN1C(=O)c1cnn(-c2ccccc2)c1. The van der Waals surface area contributed by atoms with E-state index >= 15 is 0 Å². The van der Waals surface area contributed by atoms with E-state index in [0.717, 1.165) is 18.5 Å². The predicted octanol–water partition coefficient (Wildman–Crippen LogP) is 1.95. The standard InChI is InChI=1S/C16H17N3O3/c20-15(18-9-5-4-8-14(18)16(21)22)12-10-17-19(11-12)13-6-2-1-3-7-13/h1-3,6-7,10-11,14H,4-5,8-9H2,(H,21,22). The van der Waals surface area contributed by atoms with Crippen LogP contribution in [0.1, 0.15) is 29.6 Å². The molecule has 1 unspecified atom stereocenters. The first-order valence-corrected chi connectivity index (χ1v) is 7.30. The molecule has 2 aromatic rings. The molecule has 0 bridgehead atoms. The maximum absolute atomic E-state index is 12.6. The van der Waals surface area contributed by atoms with Crippen LogP contribution in [0.5, 0.6) is 0 Å². The number of para-hydroxylation sites is 1. The summed E-state index contributed by atoms with van der Waals surface area (Å²) in [5.74, 6) is -1.21. The lowest BCUT2D eigenvalue weighted by molar-refractivity contribution is -0.143. The molecule has 1 N–H and O–H groups in total. The van der Waals surface area contributed by atoms with Gasteiger partial charge >= 0.3 is 5.97 Å². The Morgan fingerprint density at radius 1 is 1.18 bits per heavy atom. The molecular weight excluding hydrogens is 282 g/mol. The highest BCUT2D eigenvalue weighted by atomic mass is 16.4. The van der Waals surface area contributed by atoms with E-state index in [4.69, 9.17) is 0 Å². The summed E-state index contributed by atoms with van der Waals surface area (Å²) in [6, 6.07) is 8.74. The summed E-state index contributed by atoms with van der Waals surface area (Å²) in [4.78, 5) is 25.3. The highest BCUT2D eigenvalue weighted by molar-refractivity contribution is 5.96. The number of rotatable bonds is 3. The molecule has 2 heterocycles. The quantitative estimate of drug-likeness (QED) is 0.940. The van der Waals surface area contributed by atoms with Crippen LogP contribution in [0, 0.1) is 0 Å². The number of carboxylic acid groups (broad SMARTS) is 1.